The van der Waals surface area contributed by atoms with E-state index in [-0.39, 0.29) is 27.9 Å². The van der Waals surface area contributed by atoms with E-state index in [9.17, 15) is 22.0 Å². The lowest BCUT2D eigenvalue weighted by Crippen LogP contribution is -2.48. The van der Waals surface area contributed by atoms with E-state index in [4.69, 9.17) is 0 Å². The molecule has 1 aliphatic heterocycles. The Morgan fingerprint density at radius 2 is 2.06 bits per heavy atom. The third-order valence-electron chi connectivity index (χ3n) is 5.43. The highest BCUT2D eigenvalue weighted by atomic mass is 32.2. The van der Waals surface area contributed by atoms with Crippen molar-refractivity contribution in [2.45, 2.75) is 29.5 Å². The van der Waals surface area contributed by atoms with Crippen LogP contribution in [0.2, 0.25) is 0 Å². The van der Waals surface area contributed by atoms with E-state index in [1.807, 2.05) is 19.0 Å². The van der Waals surface area contributed by atoms with Gasteiger partial charge < -0.3 is 4.90 Å². The monoisotopic (exact) mass is 514 g/mol. The van der Waals surface area contributed by atoms with Crippen molar-refractivity contribution in [3.05, 3.63) is 41.3 Å². The number of nitrogens with zero attached hydrogens (tertiary/aromatic N) is 4. The number of carbonyl (C=O) groups excluding carboxylic acids is 1. The summed E-state index contributed by atoms with van der Waals surface area (Å²) >= 11 is 2.13. The van der Waals surface area contributed by atoms with Crippen molar-refractivity contribution in [3.63, 3.8) is 0 Å². The standard InChI is InChI=1S/C21H24F2N4O3S3/c1-25(2)8-5-9-26(21-24-19-15(23)12-14(22)13-17(19)32-21)20(28)16-6-3-10-27(16)33(29,30)18-7-4-11-31-18/h4,7,11-13,16H,3,5-6,8-10H2,1-2H3. The molecule has 0 radical (unpaired) electrons. The molecule has 1 aromatic carbocycles. The van der Waals surface area contributed by atoms with Crippen molar-refractivity contribution in [2.24, 2.45) is 0 Å². The summed E-state index contributed by atoms with van der Waals surface area (Å²) < 4.78 is 56.0. The molecular weight excluding hydrogens is 490 g/mol. The number of sulfonamides is 1. The fraction of sp³-hybridized carbons (Fsp3) is 0.429. The van der Waals surface area contributed by atoms with Gasteiger partial charge in [0.25, 0.3) is 10.0 Å². The Kier molecular flexibility index (Phi) is 7.10. The predicted octanol–water partition coefficient (Wildman–Crippen LogP) is 3.77. The van der Waals surface area contributed by atoms with Gasteiger partial charge in [0.05, 0.1) is 4.70 Å². The maximum absolute atomic E-state index is 14.3. The van der Waals surface area contributed by atoms with E-state index < -0.39 is 33.6 Å². The third kappa shape index (κ3) is 4.94. The fourth-order valence-corrected chi connectivity index (χ4v) is 7.69. The van der Waals surface area contributed by atoms with Gasteiger partial charge in [-0.1, -0.05) is 17.4 Å². The van der Waals surface area contributed by atoms with Crippen LogP contribution in [0.4, 0.5) is 13.9 Å². The first-order valence-corrected chi connectivity index (χ1v) is 13.6. The van der Waals surface area contributed by atoms with E-state index in [1.54, 1.807) is 11.4 Å². The van der Waals surface area contributed by atoms with Gasteiger partial charge in [0.15, 0.2) is 10.9 Å². The minimum atomic E-state index is -3.81. The summed E-state index contributed by atoms with van der Waals surface area (Å²) in [5, 5.41) is 1.92. The van der Waals surface area contributed by atoms with E-state index in [1.165, 1.54) is 21.3 Å². The number of carbonyl (C=O) groups is 1. The van der Waals surface area contributed by atoms with Crippen molar-refractivity contribution in [1.82, 2.24) is 14.2 Å². The maximum Gasteiger partial charge on any atom is 0.253 e. The number of aromatic nitrogens is 1. The largest absolute Gasteiger partial charge is 0.309 e. The van der Waals surface area contributed by atoms with Crippen LogP contribution in [0.15, 0.2) is 33.9 Å². The summed E-state index contributed by atoms with van der Waals surface area (Å²) in [7, 11) is 0.0154. The van der Waals surface area contributed by atoms with Crippen molar-refractivity contribution in [3.8, 4) is 0 Å². The number of halogens is 2. The van der Waals surface area contributed by atoms with Crippen LogP contribution in [0.25, 0.3) is 10.2 Å². The molecule has 1 amide bonds. The van der Waals surface area contributed by atoms with E-state index in [0.717, 1.165) is 28.7 Å². The molecule has 2 aromatic heterocycles. The third-order valence-corrected chi connectivity index (χ3v) is 9.74. The number of thiophene rings is 1. The van der Waals surface area contributed by atoms with Crippen molar-refractivity contribution < 1.29 is 22.0 Å². The van der Waals surface area contributed by atoms with Gasteiger partial charge in [-0.3, -0.25) is 9.69 Å². The SMILES string of the molecule is CN(C)CCCN(C(=O)C1CCCN1S(=O)(=O)c1cccs1)c1nc2c(F)cc(F)cc2s1. The molecule has 12 heteroatoms. The van der Waals surface area contributed by atoms with Gasteiger partial charge in [-0.05, 0) is 57.4 Å². The molecule has 1 saturated heterocycles. The van der Waals surface area contributed by atoms with Crippen molar-refractivity contribution >= 4 is 54.0 Å². The lowest BCUT2D eigenvalue weighted by atomic mass is 10.2. The van der Waals surface area contributed by atoms with Gasteiger partial charge >= 0.3 is 0 Å². The molecule has 0 saturated carbocycles. The summed E-state index contributed by atoms with van der Waals surface area (Å²) in [6.45, 7) is 1.23. The Bertz CT molecular complexity index is 1250. The first-order chi connectivity index (χ1) is 15.7. The minimum Gasteiger partial charge on any atom is -0.309 e. The summed E-state index contributed by atoms with van der Waals surface area (Å²) in [6.07, 6.45) is 1.56. The number of benzene rings is 1. The quantitative estimate of drug-likeness (QED) is 0.458. The highest BCUT2D eigenvalue weighted by molar-refractivity contribution is 7.91. The number of hydrogen-bond acceptors (Lipinski definition) is 7. The van der Waals surface area contributed by atoms with Crippen LogP contribution in [-0.4, -0.2) is 68.3 Å². The zero-order chi connectivity index (χ0) is 23.8. The molecule has 0 aliphatic carbocycles. The molecule has 178 valence electrons. The molecule has 1 atom stereocenters. The number of anilines is 1. The summed E-state index contributed by atoms with van der Waals surface area (Å²) in [5.41, 5.74) is -0.00343. The normalized spacial score (nSPS) is 17.3. The second kappa shape index (κ2) is 9.71. The van der Waals surface area contributed by atoms with Crippen molar-refractivity contribution in [2.75, 3.05) is 38.6 Å². The molecule has 3 heterocycles. The maximum atomic E-state index is 14.3. The topological polar surface area (TPSA) is 73.8 Å². The minimum absolute atomic E-state index is 0.00343. The Labute approximate surface area is 199 Å². The van der Waals surface area contributed by atoms with Crippen LogP contribution in [0, 0.1) is 11.6 Å². The van der Waals surface area contributed by atoms with E-state index >= 15 is 0 Å². The zero-order valence-corrected chi connectivity index (χ0v) is 20.7. The van der Waals surface area contributed by atoms with Crippen LogP contribution in [-0.2, 0) is 14.8 Å². The lowest BCUT2D eigenvalue weighted by Gasteiger charge is -2.28. The Hall–Kier alpha value is -1.99. The number of fused-ring (bicyclic) bond motifs is 1. The average Bonchev–Trinajstić information content (AvgIpc) is 3.51. The Balaban J connectivity index is 1.68. The van der Waals surface area contributed by atoms with Gasteiger partial charge in [0.2, 0.25) is 5.91 Å². The van der Waals surface area contributed by atoms with E-state index in [2.05, 4.69) is 4.98 Å². The van der Waals surface area contributed by atoms with Gasteiger partial charge in [-0.2, -0.15) is 4.31 Å². The number of amides is 1. The molecule has 0 spiro atoms. The highest BCUT2D eigenvalue weighted by Crippen LogP contribution is 2.34. The Morgan fingerprint density at radius 3 is 2.76 bits per heavy atom. The molecule has 3 aromatic rings. The first kappa shape index (κ1) is 24.1. The molecule has 33 heavy (non-hydrogen) atoms. The van der Waals surface area contributed by atoms with Crippen LogP contribution < -0.4 is 4.90 Å². The van der Waals surface area contributed by atoms with Crippen LogP contribution >= 0.6 is 22.7 Å². The van der Waals surface area contributed by atoms with Crippen LogP contribution in [0.1, 0.15) is 19.3 Å². The number of hydrogen-bond donors (Lipinski definition) is 0. The molecule has 0 N–H and O–H groups in total. The van der Waals surface area contributed by atoms with E-state index in [0.29, 0.717) is 30.5 Å². The van der Waals surface area contributed by atoms with Crippen LogP contribution in [0.5, 0.6) is 0 Å². The molecular formula is C21H24F2N4O3S3. The fourth-order valence-electron chi connectivity index (χ4n) is 3.89. The molecule has 4 rings (SSSR count). The van der Waals surface area contributed by atoms with Gasteiger partial charge in [0.1, 0.15) is 21.6 Å². The number of rotatable bonds is 8. The zero-order valence-electron chi connectivity index (χ0n) is 18.2. The van der Waals surface area contributed by atoms with Gasteiger partial charge in [-0.25, -0.2) is 22.2 Å². The van der Waals surface area contributed by atoms with Gasteiger partial charge in [0, 0.05) is 19.2 Å². The van der Waals surface area contributed by atoms with Crippen LogP contribution in [0.3, 0.4) is 0 Å². The summed E-state index contributed by atoms with van der Waals surface area (Å²) in [6, 6.07) is 4.26. The molecule has 7 nitrogen and oxygen atoms in total. The highest BCUT2D eigenvalue weighted by Gasteiger charge is 2.42. The molecule has 1 aliphatic rings. The summed E-state index contributed by atoms with van der Waals surface area (Å²) in [4.78, 5) is 21.4. The van der Waals surface area contributed by atoms with Crippen molar-refractivity contribution in [1.29, 1.82) is 0 Å². The average molecular weight is 515 g/mol. The second-order valence-corrected chi connectivity index (χ2v) is 12.2. The molecule has 1 unspecified atom stereocenters. The molecule has 0 bridgehead atoms. The molecule has 1 fully saturated rings. The summed E-state index contributed by atoms with van der Waals surface area (Å²) in [5.74, 6) is -1.91. The van der Waals surface area contributed by atoms with Gasteiger partial charge in [-0.15, -0.1) is 11.3 Å². The predicted molar refractivity (Wildman–Crippen MR) is 126 cm³/mol. The number of thiazole rings is 1. The smallest absolute Gasteiger partial charge is 0.253 e. The first-order valence-electron chi connectivity index (χ1n) is 10.5. The lowest BCUT2D eigenvalue weighted by molar-refractivity contribution is -0.121. The Morgan fingerprint density at radius 1 is 1.27 bits per heavy atom. The second-order valence-electron chi connectivity index (χ2n) is 8.08.